The molecule has 1 heterocycles. The summed E-state index contributed by atoms with van der Waals surface area (Å²) < 4.78 is 0. The molecule has 118 valence electrons. The summed E-state index contributed by atoms with van der Waals surface area (Å²) in [5.41, 5.74) is 2.34. The summed E-state index contributed by atoms with van der Waals surface area (Å²) in [7, 11) is 0. The van der Waals surface area contributed by atoms with Crippen LogP contribution in [-0.2, 0) is 0 Å². The summed E-state index contributed by atoms with van der Waals surface area (Å²) >= 11 is 0. The molecule has 0 radical (unpaired) electrons. The molecule has 0 aliphatic rings. The first-order chi connectivity index (χ1) is 11.8. The summed E-state index contributed by atoms with van der Waals surface area (Å²) in [6.45, 7) is 2.81. The molecular formula is C19H17N5. The molecule has 0 aliphatic heterocycles. The number of nitrogens with zero attached hydrogens (tertiary/aromatic N) is 4. The van der Waals surface area contributed by atoms with Crippen molar-refractivity contribution in [2.24, 2.45) is 0 Å². The van der Waals surface area contributed by atoms with Gasteiger partial charge in [-0.25, -0.2) is 4.98 Å². The van der Waals surface area contributed by atoms with Gasteiger partial charge in [-0.1, -0.05) is 30.3 Å². The maximum absolute atomic E-state index is 9.20. The Labute approximate surface area is 141 Å². The van der Waals surface area contributed by atoms with Crippen molar-refractivity contribution in [2.45, 2.75) is 6.92 Å². The number of nitrogens with one attached hydrogen (secondary N) is 1. The third kappa shape index (κ3) is 3.33. The summed E-state index contributed by atoms with van der Waals surface area (Å²) in [5, 5.41) is 12.4. The molecule has 0 fully saturated rings. The summed E-state index contributed by atoms with van der Waals surface area (Å²) in [6, 6.07) is 21.3. The van der Waals surface area contributed by atoms with Gasteiger partial charge in [0, 0.05) is 18.4 Å². The highest BCUT2D eigenvalue weighted by Gasteiger charge is 2.11. The molecule has 0 atom stereocenters. The van der Waals surface area contributed by atoms with Gasteiger partial charge in [0.2, 0.25) is 5.95 Å². The third-order valence-corrected chi connectivity index (χ3v) is 3.58. The van der Waals surface area contributed by atoms with Crippen molar-refractivity contribution < 1.29 is 0 Å². The molecule has 2 aromatic carbocycles. The Bertz CT molecular complexity index is 855. The predicted octanol–water partition coefficient (Wildman–Crippen LogP) is 4.25. The second kappa shape index (κ2) is 7.25. The van der Waals surface area contributed by atoms with Gasteiger partial charge in [0.25, 0.3) is 0 Å². The second-order valence-electron chi connectivity index (χ2n) is 5.10. The molecule has 3 aromatic rings. The minimum Gasteiger partial charge on any atom is -0.339 e. The highest BCUT2D eigenvalue weighted by molar-refractivity contribution is 5.65. The Morgan fingerprint density at radius 2 is 1.79 bits per heavy atom. The van der Waals surface area contributed by atoms with E-state index in [0.717, 1.165) is 17.9 Å². The van der Waals surface area contributed by atoms with Crippen LogP contribution in [0.15, 0.2) is 66.9 Å². The van der Waals surface area contributed by atoms with Gasteiger partial charge >= 0.3 is 0 Å². The molecule has 3 rings (SSSR count). The van der Waals surface area contributed by atoms with Crippen LogP contribution in [0.4, 0.5) is 23.1 Å². The Hall–Kier alpha value is -3.39. The van der Waals surface area contributed by atoms with Gasteiger partial charge < -0.3 is 10.2 Å². The predicted molar refractivity (Wildman–Crippen MR) is 95.6 cm³/mol. The molecule has 0 bridgehead atoms. The SMILES string of the molecule is CCN(c1ccccc1)c1nccc(Nc2ccccc2C#N)n1. The van der Waals surface area contributed by atoms with E-state index in [1.807, 2.05) is 53.4 Å². The largest absolute Gasteiger partial charge is 0.339 e. The Kier molecular flexibility index (Phi) is 4.68. The third-order valence-electron chi connectivity index (χ3n) is 3.58. The van der Waals surface area contributed by atoms with E-state index in [1.54, 1.807) is 18.3 Å². The standard InChI is InChI=1S/C19H17N5/c1-2-24(16-9-4-3-5-10-16)19-21-13-12-18(23-19)22-17-11-7-6-8-15(17)14-20/h3-13H,2H2,1H3,(H,21,22,23). The van der Waals surface area contributed by atoms with Gasteiger partial charge in [-0.2, -0.15) is 10.2 Å². The van der Waals surface area contributed by atoms with E-state index < -0.39 is 0 Å². The lowest BCUT2D eigenvalue weighted by molar-refractivity contribution is 0.948. The first-order valence-corrected chi connectivity index (χ1v) is 7.73. The minimum atomic E-state index is 0.577. The molecule has 24 heavy (non-hydrogen) atoms. The first kappa shape index (κ1) is 15.5. The van der Waals surface area contributed by atoms with Crippen LogP contribution in [0, 0.1) is 11.3 Å². The number of aromatic nitrogens is 2. The van der Waals surface area contributed by atoms with Crippen LogP contribution in [0.3, 0.4) is 0 Å². The fourth-order valence-corrected chi connectivity index (χ4v) is 2.42. The molecule has 0 saturated heterocycles. The highest BCUT2D eigenvalue weighted by atomic mass is 15.3. The zero-order chi connectivity index (χ0) is 16.8. The van der Waals surface area contributed by atoms with Crippen molar-refractivity contribution in [1.82, 2.24) is 9.97 Å². The van der Waals surface area contributed by atoms with Crippen molar-refractivity contribution in [1.29, 1.82) is 5.26 Å². The normalized spacial score (nSPS) is 10.0. The molecule has 0 spiro atoms. The van der Waals surface area contributed by atoms with Gasteiger partial charge in [-0.05, 0) is 37.3 Å². The lowest BCUT2D eigenvalue weighted by atomic mass is 10.2. The molecule has 1 N–H and O–H groups in total. The topological polar surface area (TPSA) is 64.8 Å². The zero-order valence-corrected chi connectivity index (χ0v) is 13.3. The second-order valence-corrected chi connectivity index (χ2v) is 5.10. The Morgan fingerprint density at radius 1 is 1.04 bits per heavy atom. The molecule has 0 aliphatic carbocycles. The quantitative estimate of drug-likeness (QED) is 0.762. The van der Waals surface area contributed by atoms with E-state index in [2.05, 4.69) is 28.3 Å². The summed E-state index contributed by atoms with van der Waals surface area (Å²) in [5.74, 6) is 1.26. The molecule has 1 aromatic heterocycles. The van der Waals surface area contributed by atoms with Crippen molar-refractivity contribution >= 4 is 23.1 Å². The van der Waals surface area contributed by atoms with Gasteiger partial charge in [0.15, 0.2) is 0 Å². The number of anilines is 4. The van der Waals surface area contributed by atoms with Gasteiger partial charge in [-0.15, -0.1) is 0 Å². The molecular weight excluding hydrogens is 298 g/mol. The van der Waals surface area contributed by atoms with E-state index in [-0.39, 0.29) is 0 Å². The number of rotatable bonds is 5. The summed E-state index contributed by atoms with van der Waals surface area (Å²) in [4.78, 5) is 11.0. The van der Waals surface area contributed by atoms with Gasteiger partial charge in [0.1, 0.15) is 11.9 Å². The van der Waals surface area contributed by atoms with E-state index in [1.165, 1.54) is 0 Å². The monoisotopic (exact) mass is 315 g/mol. The molecule has 0 saturated carbocycles. The van der Waals surface area contributed by atoms with E-state index in [4.69, 9.17) is 0 Å². The van der Waals surface area contributed by atoms with Crippen LogP contribution in [0.1, 0.15) is 12.5 Å². The Morgan fingerprint density at radius 3 is 2.54 bits per heavy atom. The fraction of sp³-hybridized carbons (Fsp3) is 0.105. The van der Waals surface area contributed by atoms with Crippen LogP contribution in [0.5, 0.6) is 0 Å². The van der Waals surface area contributed by atoms with Crippen LogP contribution >= 0.6 is 0 Å². The van der Waals surface area contributed by atoms with E-state index in [9.17, 15) is 5.26 Å². The van der Waals surface area contributed by atoms with E-state index in [0.29, 0.717) is 17.3 Å². The zero-order valence-electron chi connectivity index (χ0n) is 13.3. The molecule has 0 unspecified atom stereocenters. The minimum absolute atomic E-state index is 0.577. The number of benzene rings is 2. The van der Waals surface area contributed by atoms with Crippen molar-refractivity contribution in [2.75, 3.05) is 16.8 Å². The van der Waals surface area contributed by atoms with Crippen molar-refractivity contribution in [3.8, 4) is 6.07 Å². The van der Waals surface area contributed by atoms with Crippen LogP contribution < -0.4 is 10.2 Å². The fourth-order valence-electron chi connectivity index (χ4n) is 2.42. The van der Waals surface area contributed by atoms with Crippen LogP contribution in [0.2, 0.25) is 0 Å². The molecule has 0 amide bonds. The molecule has 5 heteroatoms. The number of hydrogen-bond donors (Lipinski definition) is 1. The first-order valence-electron chi connectivity index (χ1n) is 7.73. The smallest absolute Gasteiger partial charge is 0.231 e. The van der Waals surface area contributed by atoms with Crippen molar-refractivity contribution in [3.05, 3.63) is 72.4 Å². The van der Waals surface area contributed by atoms with E-state index >= 15 is 0 Å². The average Bonchev–Trinajstić information content (AvgIpc) is 2.64. The van der Waals surface area contributed by atoms with Gasteiger partial charge in [0.05, 0.1) is 11.3 Å². The highest BCUT2D eigenvalue weighted by Crippen LogP contribution is 2.24. The lowest BCUT2D eigenvalue weighted by Gasteiger charge is -2.21. The van der Waals surface area contributed by atoms with Crippen molar-refractivity contribution in [3.63, 3.8) is 0 Å². The number of hydrogen-bond acceptors (Lipinski definition) is 5. The average molecular weight is 315 g/mol. The maximum Gasteiger partial charge on any atom is 0.231 e. The number of para-hydroxylation sites is 2. The Balaban J connectivity index is 1.90. The van der Waals surface area contributed by atoms with Gasteiger partial charge in [-0.3, -0.25) is 0 Å². The summed E-state index contributed by atoms with van der Waals surface area (Å²) in [6.07, 6.45) is 1.71. The number of nitriles is 1. The lowest BCUT2D eigenvalue weighted by Crippen LogP contribution is -2.19. The van der Waals surface area contributed by atoms with Crippen LogP contribution in [0.25, 0.3) is 0 Å². The molecule has 5 nitrogen and oxygen atoms in total. The van der Waals surface area contributed by atoms with Crippen LogP contribution in [-0.4, -0.2) is 16.5 Å². The maximum atomic E-state index is 9.20.